The molecule has 2 aromatic carbocycles. The Morgan fingerprint density at radius 3 is 2.23 bits per heavy atom. The van der Waals surface area contributed by atoms with Gasteiger partial charge in [0.1, 0.15) is 5.75 Å². The Labute approximate surface area is 129 Å². The lowest BCUT2D eigenvalue weighted by atomic mass is 10.1. The predicted octanol–water partition coefficient (Wildman–Crippen LogP) is 3.83. The average Bonchev–Trinajstić information content (AvgIpc) is 2.47. The molecule has 0 fully saturated rings. The standard InChI is InChI=1S/C18H21F2NO/c1-14(21)11-15-7-9-17(10-8-15)22-13-18(19,20)12-16-5-3-2-4-6-16/h2-10,14H,11-13,21H2,1H3. The Kier molecular flexibility index (Phi) is 5.50. The minimum absolute atomic E-state index is 0.0713. The summed E-state index contributed by atoms with van der Waals surface area (Å²) in [5, 5.41) is 0. The second kappa shape index (κ2) is 7.36. The van der Waals surface area contributed by atoms with Gasteiger partial charge in [0.25, 0.3) is 5.92 Å². The first-order valence-corrected chi connectivity index (χ1v) is 7.34. The lowest BCUT2D eigenvalue weighted by molar-refractivity contribution is -0.0400. The Hall–Kier alpha value is -1.94. The molecule has 0 heterocycles. The van der Waals surface area contributed by atoms with Crippen LogP contribution in [-0.4, -0.2) is 18.6 Å². The second-order valence-corrected chi connectivity index (χ2v) is 5.63. The van der Waals surface area contributed by atoms with E-state index in [2.05, 4.69) is 0 Å². The van der Waals surface area contributed by atoms with Crippen molar-refractivity contribution < 1.29 is 13.5 Å². The first-order chi connectivity index (χ1) is 10.4. The molecule has 1 unspecified atom stereocenters. The van der Waals surface area contributed by atoms with E-state index in [1.54, 1.807) is 36.4 Å². The van der Waals surface area contributed by atoms with Crippen LogP contribution in [0.2, 0.25) is 0 Å². The van der Waals surface area contributed by atoms with Crippen molar-refractivity contribution in [3.8, 4) is 5.75 Å². The van der Waals surface area contributed by atoms with Gasteiger partial charge >= 0.3 is 0 Å². The predicted molar refractivity (Wildman–Crippen MR) is 84.4 cm³/mol. The summed E-state index contributed by atoms with van der Waals surface area (Å²) in [6.07, 6.45) is 0.432. The molecule has 2 nitrogen and oxygen atoms in total. The van der Waals surface area contributed by atoms with E-state index >= 15 is 0 Å². The molecule has 0 radical (unpaired) electrons. The molecule has 118 valence electrons. The maximum Gasteiger partial charge on any atom is 0.285 e. The Morgan fingerprint density at radius 1 is 1.00 bits per heavy atom. The van der Waals surface area contributed by atoms with Crippen LogP contribution >= 0.6 is 0 Å². The molecule has 0 saturated carbocycles. The molecule has 2 N–H and O–H groups in total. The van der Waals surface area contributed by atoms with Crippen molar-refractivity contribution in [3.05, 3.63) is 65.7 Å². The van der Waals surface area contributed by atoms with Crippen molar-refractivity contribution in [2.24, 2.45) is 5.73 Å². The third kappa shape index (κ3) is 5.45. The van der Waals surface area contributed by atoms with Crippen LogP contribution in [0.5, 0.6) is 5.75 Å². The summed E-state index contributed by atoms with van der Waals surface area (Å²) >= 11 is 0. The van der Waals surface area contributed by atoms with E-state index in [0.29, 0.717) is 11.3 Å². The van der Waals surface area contributed by atoms with Gasteiger partial charge in [0.15, 0.2) is 6.61 Å². The van der Waals surface area contributed by atoms with Gasteiger partial charge in [-0.05, 0) is 36.6 Å². The van der Waals surface area contributed by atoms with E-state index in [-0.39, 0.29) is 12.5 Å². The van der Waals surface area contributed by atoms with Crippen LogP contribution < -0.4 is 10.5 Å². The van der Waals surface area contributed by atoms with Crippen LogP contribution in [0.1, 0.15) is 18.1 Å². The molecule has 0 spiro atoms. The average molecular weight is 305 g/mol. The summed E-state index contributed by atoms with van der Waals surface area (Å²) in [6.45, 7) is 1.29. The van der Waals surface area contributed by atoms with Crippen LogP contribution in [0.4, 0.5) is 8.78 Å². The van der Waals surface area contributed by atoms with Gasteiger partial charge in [-0.25, -0.2) is 8.78 Å². The molecule has 1 atom stereocenters. The second-order valence-electron chi connectivity index (χ2n) is 5.63. The molecular weight excluding hydrogens is 284 g/mol. The van der Waals surface area contributed by atoms with Crippen molar-refractivity contribution >= 4 is 0 Å². The zero-order chi connectivity index (χ0) is 16.0. The molecule has 0 aromatic heterocycles. The van der Waals surface area contributed by atoms with Crippen LogP contribution in [0, 0.1) is 0 Å². The quantitative estimate of drug-likeness (QED) is 0.843. The summed E-state index contributed by atoms with van der Waals surface area (Å²) in [4.78, 5) is 0. The van der Waals surface area contributed by atoms with Gasteiger partial charge in [0.05, 0.1) is 0 Å². The van der Waals surface area contributed by atoms with E-state index in [1.807, 2.05) is 25.1 Å². The minimum Gasteiger partial charge on any atom is -0.487 e. The van der Waals surface area contributed by atoms with E-state index in [1.165, 1.54) is 0 Å². The Balaban J connectivity index is 1.88. The molecule has 0 aliphatic heterocycles. The summed E-state index contributed by atoms with van der Waals surface area (Å²) in [5.74, 6) is -2.45. The van der Waals surface area contributed by atoms with Crippen molar-refractivity contribution in [1.82, 2.24) is 0 Å². The lowest BCUT2D eigenvalue weighted by Crippen LogP contribution is -2.28. The lowest BCUT2D eigenvalue weighted by Gasteiger charge is -2.17. The van der Waals surface area contributed by atoms with E-state index < -0.39 is 12.5 Å². The largest absolute Gasteiger partial charge is 0.487 e. The van der Waals surface area contributed by atoms with Crippen molar-refractivity contribution in [2.45, 2.75) is 31.7 Å². The fourth-order valence-electron chi connectivity index (χ4n) is 2.23. The highest BCUT2D eigenvalue weighted by Crippen LogP contribution is 2.22. The van der Waals surface area contributed by atoms with Gasteiger partial charge in [-0.1, -0.05) is 42.5 Å². The first-order valence-electron chi connectivity index (χ1n) is 7.34. The number of hydrogen-bond donors (Lipinski definition) is 1. The number of benzene rings is 2. The molecule has 2 aromatic rings. The fourth-order valence-corrected chi connectivity index (χ4v) is 2.23. The van der Waals surface area contributed by atoms with Crippen LogP contribution in [-0.2, 0) is 12.8 Å². The molecule has 4 heteroatoms. The van der Waals surface area contributed by atoms with Gasteiger partial charge in [-0.3, -0.25) is 0 Å². The molecule has 22 heavy (non-hydrogen) atoms. The fraction of sp³-hybridized carbons (Fsp3) is 0.333. The van der Waals surface area contributed by atoms with Gasteiger partial charge in [-0.2, -0.15) is 0 Å². The SMILES string of the molecule is CC(N)Cc1ccc(OCC(F)(F)Cc2ccccc2)cc1. The highest BCUT2D eigenvalue weighted by atomic mass is 19.3. The number of ether oxygens (including phenoxy) is 1. The Bertz CT molecular complexity index is 567. The van der Waals surface area contributed by atoms with E-state index in [4.69, 9.17) is 10.5 Å². The number of halogens is 2. The molecule has 0 aliphatic rings. The van der Waals surface area contributed by atoms with Gasteiger partial charge in [0.2, 0.25) is 0 Å². The van der Waals surface area contributed by atoms with Crippen molar-refractivity contribution in [3.63, 3.8) is 0 Å². The summed E-state index contributed by atoms with van der Waals surface area (Å²) in [7, 11) is 0. The molecule has 2 rings (SSSR count). The molecule has 0 saturated heterocycles. The smallest absolute Gasteiger partial charge is 0.285 e. The maximum absolute atomic E-state index is 13.9. The van der Waals surface area contributed by atoms with Crippen LogP contribution in [0.3, 0.4) is 0 Å². The summed E-state index contributed by atoms with van der Waals surface area (Å²) in [5.41, 5.74) is 7.39. The van der Waals surface area contributed by atoms with Crippen molar-refractivity contribution in [2.75, 3.05) is 6.61 Å². The molecule has 0 bridgehead atoms. The highest BCUT2D eigenvalue weighted by molar-refractivity contribution is 5.28. The van der Waals surface area contributed by atoms with E-state index in [0.717, 1.165) is 12.0 Å². The van der Waals surface area contributed by atoms with Crippen LogP contribution in [0.15, 0.2) is 54.6 Å². The Morgan fingerprint density at radius 2 is 1.64 bits per heavy atom. The summed E-state index contributed by atoms with van der Waals surface area (Å²) < 4.78 is 33.0. The van der Waals surface area contributed by atoms with Gasteiger partial charge < -0.3 is 10.5 Å². The maximum atomic E-state index is 13.9. The monoisotopic (exact) mass is 305 g/mol. The number of alkyl halides is 2. The highest BCUT2D eigenvalue weighted by Gasteiger charge is 2.30. The topological polar surface area (TPSA) is 35.2 Å². The van der Waals surface area contributed by atoms with Gasteiger partial charge in [-0.15, -0.1) is 0 Å². The van der Waals surface area contributed by atoms with Crippen molar-refractivity contribution in [1.29, 1.82) is 0 Å². The third-order valence-electron chi connectivity index (χ3n) is 3.24. The number of rotatable bonds is 7. The molecule has 0 aliphatic carbocycles. The number of hydrogen-bond acceptors (Lipinski definition) is 2. The number of nitrogens with two attached hydrogens (primary N) is 1. The zero-order valence-electron chi connectivity index (χ0n) is 12.6. The molecular formula is C18H21F2NO. The van der Waals surface area contributed by atoms with Gasteiger partial charge in [0, 0.05) is 12.5 Å². The first kappa shape index (κ1) is 16.4. The zero-order valence-corrected chi connectivity index (χ0v) is 12.6. The summed E-state index contributed by atoms with van der Waals surface area (Å²) in [6, 6.07) is 15.9. The van der Waals surface area contributed by atoms with E-state index in [9.17, 15) is 8.78 Å². The third-order valence-corrected chi connectivity index (χ3v) is 3.24. The van der Waals surface area contributed by atoms with Crippen LogP contribution in [0.25, 0.3) is 0 Å². The molecule has 0 amide bonds. The minimum atomic E-state index is -2.90. The normalized spacial score (nSPS) is 12.9.